The van der Waals surface area contributed by atoms with Crippen molar-refractivity contribution < 1.29 is 23.9 Å². The number of hydrogen-bond donors (Lipinski definition) is 3. The molecule has 0 spiro atoms. The third-order valence-corrected chi connectivity index (χ3v) is 4.16. The van der Waals surface area contributed by atoms with Gasteiger partial charge in [-0.1, -0.05) is 0 Å². The Hall–Kier alpha value is -3.03. The van der Waals surface area contributed by atoms with Gasteiger partial charge in [0, 0.05) is 29.7 Å². The zero-order valence-corrected chi connectivity index (χ0v) is 15.3. The number of carbonyl (C=O) groups is 3. The maximum atomic E-state index is 11.9. The van der Waals surface area contributed by atoms with Gasteiger partial charge in [-0.3, -0.25) is 25.2 Å². The summed E-state index contributed by atoms with van der Waals surface area (Å²) in [6, 6.07) is 3.82. The molecular weight excluding hydrogens is 350 g/mol. The van der Waals surface area contributed by atoms with Crippen molar-refractivity contribution in [2.24, 2.45) is 0 Å². The molecule has 1 heterocycles. The molecule has 144 valence electrons. The van der Waals surface area contributed by atoms with E-state index in [0.717, 1.165) is 30.6 Å². The molecule has 0 bridgehead atoms. The van der Waals surface area contributed by atoms with E-state index in [1.165, 1.54) is 6.08 Å². The number of nitrogens with one attached hydrogen (secondary N) is 3. The molecule has 3 rings (SSSR count). The predicted molar refractivity (Wildman–Crippen MR) is 97.9 cm³/mol. The van der Waals surface area contributed by atoms with Gasteiger partial charge in [-0.05, 0) is 44.9 Å². The van der Waals surface area contributed by atoms with E-state index in [-0.39, 0.29) is 12.1 Å². The van der Waals surface area contributed by atoms with Crippen molar-refractivity contribution in [1.29, 1.82) is 0 Å². The van der Waals surface area contributed by atoms with Crippen molar-refractivity contribution in [3.05, 3.63) is 29.3 Å². The first-order valence-corrected chi connectivity index (χ1v) is 9.01. The van der Waals surface area contributed by atoms with Gasteiger partial charge in [-0.2, -0.15) is 0 Å². The van der Waals surface area contributed by atoms with Gasteiger partial charge in [0.25, 0.3) is 5.91 Å². The van der Waals surface area contributed by atoms with Gasteiger partial charge in [0.05, 0.1) is 6.61 Å². The standard InChI is InChI=1S/C19H23N3O5/c1-3-26-15-10-13-8-11(2)27-16(13)9-12(15)4-7-17(23)21-22-19(25)18(24)20-14-5-6-14/h4,7,9-11,14H,3,5-6,8H2,1-2H3,(H,20,24)(H,21,23)(H,22,25)/b7-4+/t11-/m1/s1. The SMILES string of the molecule is CCOc1cc2c(cc1/C=C/C(=O)NNC(=O)C(=O)NC1CC1)O[C@H](C)C2. The number of hydrogen-bond acceptors (Lipinski definition) is 5. The molecule has 0 saturated heterocycles. The highest BCUT2D eigenvalue weighted by molar-refractivity contribution is 6.35. The minimum atomic E-state index is -0.904. The minimum Gasteiger partial charge on any atom is -0.493 e. The first-order chi connectivity index (χ1) is 13.0. The van der Waals surface area contributed by atoms with E-state index in [1.54, 1.807) is 6.08 Å². The Morgan fingerprint density at radius 3 is 2.70 bits per heavy atom. The van der Waals surface area contributed by atoms with Crippen LogP contribution in [0.25, 0.3) is 6.08 Å². The van der Waals surface area contributed by atoms with Gasteiger partial charge in [-0.15, -0.1) is 0 Å². The summed E-state index contributed by atoms with van der Waals surface area (Å²) in [6.45, 7) is 4.37. The van der Waals surface area contributed by atoms with Crippen LogP contribution in [0.3, 0.4) is 0 Å². The fraction of sp³-hybridized carbons (Fsp3) is 0.421. The van der Waals surface area contributed by atoms with Crippen molar-refractivity contribution in [3.8, 4) is 11.5 Å². The average Bonchev–Trinajstić information content (AvgIpc) is 3.37. The van der Waals surface area contributed by atoms with Crippen LogP contribution in [0.2, 0.25) is 0 Å². The summed E-state index contributed by atoms with van der Waals surface area (Å²) >= 11 is 0. The summed E-state index contributed by atoms with van der Waals surface area (Å²) in [4.78, 5) is 35.0. The lowest BCUT2D eigenvalue weighted by atomic mass is 10.1. The van der Waals surface area contributed by atoms with Crippen LogP contribution in [0.4, 0.5) is 0 Å². The Morgan fingerprint density at radius 2 is 2.00 bits per heavy atom. The molecule has 3 amide bonds. The fourth-order valence-corrected chi connectivity index (χ4v) is 2.73. The smallest absolute Gasteiger partial charge is 0.327 e. The lowest BCUT2D eigenvalue weighted by molar-refractivity contribution is -0.140. The van der Waals surface area contributed by atoms with E-state index < -0.39 is 17.7 Å². The van der Waals surface area contributed by atoms with Gasteiger partial charge in [0.15, 0.2) is 0 Å². The van der Waals surface area contributed by atoms with Crippen LogP contribution in [0.15, 0.2) is 18.2 Å². The molecule has 3 N–H and O–H groups in total. The van der Waals surface area contributed by atoms with E-state index in [2.05, 4.69) is 16.2 Å². The van der Waals surface area contributed by atoms with Gasteiger partial charge in [-0.25, -0.2) is 0 Å². The van der Waals surface area contributed by atoms with Crippen molar-refractivity contribution in [2.75, 3.05) is 6.61 Å². The number of amides is 3. The average molecular weight is 373 g/mol. The second-order valence-electron chi connectivity index (χ2n) is 6.59. The number of fused-ring (bicyclic) bond motifs is 1. The normalized spacial score (nSPS) is 17.8. The number of hydrazine groups is 1. The predicted octanol–water partition coefficient (Wildman–Crippen LogP) is 0.848. The molecular formula is C19H23N3O5. The molecule has 1 fully saturated rings. The van der Waals surface area contributed by atoms with E-state index in [4.69, 9.17) is 9.47 Å². The Labute approximate surface area is 157 Å². The molecule has 2 aliphatic rings. The highest BCUT2D eigenvalue weighted by Crippen LogP contribution is 2.35. The molecule has 0 unspecified atom stereocenters. The van der Waals surface area contributed by atoms with Crippen molar-refractivity contribution >= 4 is 23.8 Å². The molecule has 8 heteroatoms. The summed E-state index contributed by atoms with van der Waals surface area (Å²) in [6.07, 6.45) is 5.49. The minimum absolute atomic E-state index is 0.0700. The van der Waals surface area contributed by atoms with Crippen molar-refractivity contribution in [3.63, 3.8) is 0 Å². The molecule has 27 heavy (non-hydrogen) atoms. The fourth-order valence-electron chi connectivity index (χ4n) is 2.73. The van der Waals surface area contributed by atoms with E-state index in [9.17, 15) is 14.4 Å². The van der Waals surface area contributed by atoms with Crippen LogP contribution in [0.1, 0.15) is 37.8 Å². The first kappa shape index (κ1) is 18.8. The molecule has 1 atom stereocenters. The number of carbonyl (C=O) groups excluding carboxylic acids is 3. The van der Waals surface area contributed by atoms with Crippen LogP contribution in [-0.2, 0) is 20.8 Å². The van der Waals surface area contributed by atoms with Crippen LogP contribution in [0.5, 0.6) is 11.5 Å². The van der Waals surface area contributed by atoms with Crippen LogP contribution in [0, 0.1) is 0 Å². The monoisotopic (exact) mass is 373 g/mol. The van der Waals surface area contributed by atoms with Gasteiger partial charge >= 0.3 is 11.8 Å². The zero-order chi connectivity index (χ0) is 19.4. The summed E-state index contributed by atoms with van der Waals surface area (Å²) in [5.74, 6) is -0.800. The van der Waals surface area contributed by atoms with E-state index >= 15 is 0 Å². The number of rotatable bonds is 5. The highest BCUT2D eigenvalue weighted by Gasteiger charge is 2.26. The quantitative estimate of drug-likeness (QED) is 0.403. The molecule has 0 aromatic heterocycles. The maximum absolute atomic E-state index is 11.9. The molecule has 8 nitrogen and oxygen atoms in total. The highest BCUT2D eigenvalue weighted by atomic mass is 16.5. The number of benzene rings is 1. The largest absolute Gasteiger partial charge is 0.493 e. The van der Waals surface area contributed by atoms with Gasteiger partial charge < -0.3 is 14.8 Å². The van der Waals surface area contributed by atoms with Gasteiger partial charge in [0.1, 0.15) is 17.6 Å². The Kier molecular flexibility index (Phi) is 5.63. The lowest BCUT2D eigenvalue weighted by Crippen LogP contribution is -2.48. The Balaban J connectivity index is 1.59. The van der Waals surface area contributed by atoms with Crippen LogP contribution >= 0.6 is 0 Å². The second kappa shape index (κ2) is 8.11. The van der Waals surface area contributed by atoms with Crippen LogP contribution in [-0.4, -0.2) is 36.5 Å². The molecule has 1 saturated carbocycles. The topological polar surface area (TPSA) is 106 Å². The van der Waals surface area contributed by atoms with E-state index in [1.807, 2.05) is 26.0 Å². The third-order valence-electron chi connectivity index (χ3n) is 4.16. The van der Waals surface area contributed by atoms with Crippen molar-refractivity contribution in [1.82, 2.24) is 16.2 Å². The molecule has 0 radical (unpaired) electrons. The summed E-state index contributed by atoms with van der Waals surface area (Å²) < 4.78 is 11.4. The lowest BCUT2D eigenvalue weighted by Gasteiger charge is -2.10. The molecule has 1 aromatic carbocycles. The molecule has 1 aliphatic heterocycles. The van der Waals surface area contributed by atoms with Gasteiger partial charge in [0.2, 0.25) is 0 Å². The van der Waals surface area contributed by atoms with E-state index in [0.29, 0.717) is 17.9 Å². The first-order valence-electron chi connectivity index (χ1n) is 9.01. The third kappa shape index (κ3) is 4.99. The van der Waals surface area contributed by atoms with Crippen LogP contribution < -0.4 is 25.6 Å². The number of ether oxygens (including phenoxy) is 2. The summed E-state index contributed by atoms with van der Waals surface area (Å²) in [5, 5.41) is 2.53. The zero-order valence-electron chi connectivity index (χ0n) is 15.3. The second-order valence-corrected chi connectivity index (χ2v) is 6.59. The summed E-state index contributed by atoms with van der Waals surface area (Å²) in [5.41, 5.74) is 6.02. The van der Waals surface area contributed by atoms with Crippen molar-refractivity contribution in [2.45, 2.75) is 45.3 Å². The Bertz CT molecular complexity index is 786. The Morgan fingerprint density at radius 1 is 1.22 bits per heavy atom. The molecule has 1 aliphatic carbocycles. The maximum Gasteiger partial charge on any atom is 0.327 e. The molecule has 1 aromatic rings. The summed E-state index contributed by atoms with van der Waals surface area (Å²) in [7, 11) is 0.